The third kappa shape index (κ3) is 5.38. The van der Waals surface area contributed by atoms with Crippen LogP contribution in [0.5, 0.6) is 5.75 Å². The fraction of sp³-hybridized carbons (Fsp3) is 0.350. The summed E-state index contributed by atoms with van der Waals surface area (Å²) in [6, 6.07) is 8.45. The fourth-order valence-electron chi connectivity index (χ4n) is 2.96. The van der Waals surface area contributed by atoms with Gasteiger partial charge in [0.15, 0.2) is 0 Å². The molecule has 1 atom stereocenters. The minimum Gasteiger partial charge on any atom is -0.492 e. The molecule has 3 amide bonds. The van der Waals surface area contributed by atoms with Crippen molar-refractivity contribution in [1.29, 1.82) is 0 Å². The molecule has 2 heterocycles. The Hall–Kier alpha value is -2.81. The van der Waals surface area contributed by atoms with Crippen molar-refractivity contribution in [3.8, 4) is 5.75 Å². The van der Waals surface area contributed by atoms with Crippen LogP contribution in [0.2, 0.25) is 0 Å². The number of carbonyl (C=O) groups is 3. The summed E-state index contributed by atoms with van der Waals surface area (Å²) in [6.07, 6.45) is 2.51. The van der Waals surface area contributed by atoms with Crippen molar-refractivity contribution in [2.24, 2.45) is 5.92 Å². The SMILES string of the molecule is CCCOc1ccc(C(=O)NNC(=O)C2CC(=O)N(Cc3ccco3)C2)cc1Br. The van der Waals surface area contributed by atoms with Crippen LogP contribution in [0.3, 0.4) is 0 Å². The van der Waals surface area contributed by atoms with Crippen molar-refractivity contribution in [3.63, 3.8) is 0 Å². The first-order valence-corrected chi connectivity index (χ1v) is 10.1. The number of hydrogen-bond donors (Lipinski definition) is 2. The highest BCUT2D eigenvalue weighted by atomic mass is 79.9. The number of nitrogens with one attached hydrogen (secondary N) is 2. The zero-order valence-electron chi connectivity index (χ0n) is 15.9. The number of hydrogen-bond acceptors (Lipinski definition) is 5. The largest absolute Gasteiger partial charge is 0.492 e. The van der Waals surface area contributed by atoms with Crippen molar-refractivity contribution in [3.05, 3.63) is 52.4 Å². The summed E-state index contributed by atoms with van der Waals surface area (Å²) in [5, 5.41) is 0. The first-order chi connectivity index (χ1) is 14.0. The van der Waals surface area contributed by atoms with Crippen LogP contribution in [0.1, 0.15) is 35.9 Å². The molecule has 0 bridgehead atoms. The van der Waals surface area contributed by atoms with Crippen LogP contribution >= 0.6 is 15.9 Å². The first kappa shape index (κ1) is 20.9. The highest BCUT2D eigenvalue weighted by Crippen LogP contribution is 2.26. The maximum Gasteiger partial charge on any atom is 0.269 e. The Labute approximate surface area is 176 Å². The Morgan fingerprint density at radius 2 is 2.14 bits per heavy atom. The van der Waals surface area contributed by atoms with Crippen LogP contribution in [0.25, 0.3) is 0 Å². The minimum atomic E-state index is -0.533. The van der Waals surface area contributed by atoms with Gasteiger partial charge in [0.1, 0.15) is 11.5 Å². The number of furan rings is 1. The first-order valence-electron chi connectivity index (χ1n) is 9.30. The fourth-order valence-corrected chi connectivity index (χ4v) is 3.45. The van der Waals surface area contributed by atoms with Gasteiger partial charge >= 0.3 is 0 Å². The zero-order chi connectivity index (χ0) is 20.8. The molecule has 0 aliphatic carbocycles. The van der Waals surface area contributed by atoms with E-state index < -0.39 is 17.7 Å². The third-order valence-electron chi connectivity index (χ3n) is 4.47. The molecule has 3 rings (SSSR count). The molecule has 1 aliphatic rings. The molecule has 29 heavy (non-hydrogen) atoms. The van der Waals surface area contributed by atoms with E-state index in [1.165, 1.54) is 6.26 Å². The number of benzene rings is 1. The van der Waals surface area contributed by atoms with Gasteiger partial charge in [-0.1, -0.05) is 6.92 Å². The summed E-state index contributed by atoms with van der Waals surface area (Å²) in [5.41, 5.74) is 5.16. The summed E-state index contributed by atoms with van der Waals surface area (Å²) in [4.78, 5) is 38.3. The van der Waals surface area contributed by atoms with Crippen LogP contribution in [-0.2, 0) is 16.1 Å². The number of halogens is 1. The predicted octanol–water partition coefficient (Wildman–Crippen LogP) is 2.64. The average molecular weight is 464 g/mol. The zero-order valence-corrected chi connectivity index (χ0v) is 17.5. The number of amides is 3. The summed E-state index contributed by atoms with van der Waals surface area (Å²) in [5.74, 6) is -0.222. The van der Waals surface area contributed by atoms with E-state index >= 15 is 0 Å². The lowest BCUT2D eigenvalue weighted by atomic mass is 10.1. The molecule has 1 aromatic heterocycles. The molecule has 1 aliphatic heterocycles. The monoisotopic (exact) mass is 463 g/mol. The van der Waals surface area contributed by atoms with E-state index in [0.29, 0.717) is 34.7 Å². The summed E-state index contributed by atoms with van der Waals surface area (Å²) in [7, 11) is 0. The average Bonchev–Trinajstić information content (AvgIpc) is 3.35. The van der Waals surface area contributed by atoms with Gasteiger partial charge in [-0.2, -0.15) is 0 Å². The van der Waals surface area contributed by atoms with Gasteiger partial charge in [-0.25, -0.2) is 0 Å². The molecule has 2 N–H and O–H groups in total. The number of carbonyl (C=O) groups excluding carboxylic acids is 3. The molecular formula is C20H22BrN3O5. The Morgan fingerprint density at radius 3 is 2.83 bits per heavy atom. The highest BCUT2D eigenvalue weighted by Gasteiger charge is 2.34. The number of rotatable bonds is 7. The van der Waals surface area contributed by atoms with Crippen molar-refractivity contribution in [2.75, 3.05) is 13.2 Å². The van der Waals surface area contributed by atoms with Crippen molar-refractivity contribution in [1.82, 2.24) is 15.8 Å². The number of likely N-dealkylation sites (tertiary alicyclic amines) is 1. The topological polar surface area (TPSA) is 101 Å². The van der Waals surface area contributed by atoms with Crippen LogP contribution in [-0.4, -0.2) is 35.8 Å². The van der Waals surface area contributed by atoms with Gasteiger partial charge in [0, 0.05) is 18.5 Å². The Morgan fingerprint density at radius 1 is 1.31 bits per heavy atom. The molecule has 0 spiro atoms. The van der Waals surface area contributed by atoms with Gasteiger partial charge in [-0.05, 0) is 52.7 Å². The van der Waals surface area contributed by atoms with Gasteiger partial charge in [-0.15, -0.1) is 0 Å². The van der Waals surface area contributed by atoms with Gasteiger partial charge < -0.3 is 14.1 Å². The quantitative estimate of drug-likeness (QED) is 0.614. The number of hydrazine groups is 1. The van der Waals surface area contributed by atoms with E-state index in [1.54, 1.807) is 35.2 Å². The maximum atomic E-state index is 12.4. The molecule has 1 aromatic carbocycles. The molecule has 1 saturated heterocycles. The Kier molecular flexibility index (Phi) is 6.92. The van der Waals surface area contributed by atoms with E-state index in [2.05, 4.69) is 26.8 Å². The summed E-state index contributed by atoms with van der Waals surface area (Å²) in [6.45, 7) is 3.18. The molecule has 9 heteroatoms. The van der Waals surface area contributed by atoms with Gasteiger partial charge in [0.2, 0.25) is 11.8 Å². The van der Waals surface area contributed by atoms with Crippen molar-refractivity contribution < 1.29 is 23.5 Å². The van der Waals surface area contributed by atoms with E-state index in [-0.39, 0.29) is 18.9 Å². The molecule has 154 valence electrons. The second kappa shape index (κ2) is 9.60. The smallest absolute Gasteiger partial charge is 0.269 e. The summed E-state index contributed by atoms with van der Waals surface area (Å²) < 4.78 is 11.4. The Balaban J connectivity index is 1.50. The molecule has 8 nitrogen and oxygen atoms in total. The third-order valence-corrected chi connectivity index (χ3v) is 5.09. The lowest BCUT2D eigenvalue weighted by molar-refractivity contribution is -0.129. The van der Waals surface area contributed by atoms with E-state index in [0.717, 1.165) is 6.42 Å². The molecule has 0 saturated carbocycles. The van der Waals surface area contributed by atoms with Crippen LogP contribution in [0.15, 0.2) is 45.5 Å². The minimum absolute atomic E-state index is 0.0947. The van der Waals surface area contributed by atoms with Crippen molar-refractivity contribution in [2.45, 2.75) is 26.3 Å². The molecular weight excluding hydrogens is 442 g/mol. The van der Waals surface area contributed by atoms with Crippen LogP contribution in [0, 0.1) is 5.92 Å². The van der Waals surface area contributed by atoms with Gasteiger partial charge in [-0.3, -0.25) is 25.2 Å². The lowest BCUT2D eigenvalue weighted by Crippen LogP contribution is -2.45. The molecule has 2 aromatic rings. The number of ether oxygens (including phenoxy) is 1. The maximum absolute atomic E-state index is 12.4. The highest BCUT2D eigenvalue weighted by molar-refractivity contribution is 9.10. The second-order valence-electron chi connectivity index (χ2n) is 6.69. The molecule has 0 radical (unpaired) electrons. The van der Waals surface area contributed by atoms with E-state index in [4.69, 9.17) is 9.15 Å². The second-order valence-corrected chi connectivity index (χ2v) is 7.55. The standard InChI is InChI=1S/C20H22BrN3O5/c1-2-7-29-17-6-5-13(9-16(17)21)19(26)22-23-20(27)14-10-18(25)24(11-14)12-15-4-3-8-28-15/h3-6,8-9,14H,2,7,10-12H2,1H3,(H,22,26)(H,23,27). The van der Waals surface area contributed by atoms with E-state index in [9.17, 15) is 14.4 Å². The predicted molar refractivity (Wildman–Crippen MR) is 108 cm³/mol. The van der Waals surface area contributed by atoms with E-state index in [1.807, 2.05) is 6.92 Å². The number of nitrogens with zero attached hydrogens (tertiary/aromatic N) is 1. The Bertz CT molecular complexity index is 884. The normalized spacial score (nSPS) is 16.0. The molecule has 1 fully saturated rings. The van der Waals surface area contributed by atoms with Gasteiger partial charge in [0.05, 0.1) is 29.8 Å². The lowest BCUT2D eigenvalue weighted by Gasteiger charge is -2.15. The van der Waals surface area contributed by atoms with Crippen LogP contribution < -0.4 is 15.6 Å². The van der Waals surface area contributed by atoms with Crippen LogP contribution in [0.4, 0.5) is 0 Å². The van der Waals surface area contributed by atoms with Gasteiger partial charge in [0.25, 0.3) is 5.91 Å². The van der Waals surface area contributed by atoms with Crippen molar-refractivity contribution >= 4 is 33.7 Å². The molecule has 1 unspecified atom stereocenters. The summed E-state index contributed by atoms with van der Waals surface area (Å²) >= 11 is 3.37.